The Morgan fingerprint density at radius 1 is 0.923 bits per heavy atom. The van der Waals surface area contributed by atoms with Gasteiger partial charge in [0.2, 0.25) is 5.91 Å². The van der Waals surface area contributed by atoms with E-state index in [0.29, 0.717) is 13.0 Å². The number of aryl methyl sites for hydroxylation is 1. The first-order chi connectivity index (χ1) is 12.7. The van der Waals surface area contributed by atoms with Gasteiger partial charge >= 0.3 is 0 Å². The van der Waals surface area contributed by atoms with Gasteiger partial charge in [-0.15, -0.1) is 0 Å². The first-order valence-electron chi connectivity index (χ1n) is 9.81. The SMILES string of the molecule is Cc1cccc(CC(=O)NCc2ccc(CN3CCCCCC3)cc2)c1. The number of rotatable bonds is 6. The molecule has 1 amide bonds. The molecule has 2 aromatic rings. The summed E-state index contributed by atoms with van der Waals surface area (Å²) in [6.07, 6.45) is 5.83. The molecule has 0 unspecified atom stereocenters. The van der Waals surface area contributed by atoms with Crippen LogP contribution in [0.5, 0.6) is 0 Å². The molecule has 1 aliphatic heterocycles. The Bertz CT molecular complexity index is 700. The second-order valence-electron chi connectivity index (χ2n) is 7.45. The molecule has 0 saturated carbocycles. The van der Waals surface area contributed by atoms with Crippen molar-refractivity contribution in [3.8, 4) is 0 Å². The fraction of sp³-hybridized carbons (Fsp3) is 0.435. The normalized spacial score (nSPS) is 15.4. The maximum absolute atomic E-state index is 12.1. The van der Waals surface area contributed by atoms with E-state index in [0.717, 1.165) is 17.7 Å². The standard InChI is InChI=1S/C23H30N2O/c1-19-7-6-8-22(15-19)16-23(26)24-17-20-9-11-21(12-10-20)18-25-13-4-2-3-5-14-25/h6-12,15H,2-5,13-14,16-18H2,1H3,(H,24,26). The Morgan fingerprint density at radius 2 is 1.62 bits per heavy atom. The van der Waals surface area contributed by atoms with Crippen LogP contribution in [0.2, 0.25) is 0 Å². The molecule has 0 bridgehead atoms. The Morgan fingerprint density at radius 3 is 2.31 bits per heavy atom. The van der Waals surface area contributed by atoms with Crippen LogP contribution in [-0.2, 0) is 24.3 Å². The Hall–Kier alpha value is -2.13. The van der Waals surface area contributed by atoms with E-state index in [1.165, 1.54) is 49.9 Å². The summed E-state index contributed by atoms with van der Waals surface area (Å²) in [7, 11) is 0. The van der Waals surface area contributed by atoms with Crippen molar-refractivity contribution >= 4 is 5.91 Å². The number of hydrogen-bond donors (Lipinski definition) is 1. The number of carbonyl (C=O) groups is 1. The van der Waals surface area contributed by atoms with Crippen LogP contribution in [0, 0.1) is 6.92 Å². The van der Waals surface area contributed by atoms with E-state index in [9.17, 15) is 4.79 Å². The van der Waals surface area contributed by atoms with Gasteiger partial charge in [0.1, 0.15) is 0 Å². The monoisotopic (exact) mass is 350 g/mol. The van der Waals surface area contributed by atoms with E-state index in [2.05, 4.69) is 53.5 Å². The fourth-order valence-corrected chi connectivity index (χ4v) is 3.59. The van der Waals surface area contributed by atoms with E-state index in [1.54, 1.807) is 0 Å². The molecule has 2 aromatic carbocycles. The van der Waals surface area contributed by atoms with Crippen molar-refractivity contribution in [2.75, 3.05) is 13.1 Å². The summed E-state index contributed by atoms with van der Waals surface area (Å²) in [5, 5.41) is 3.03. The van der Waals surface area contributed by atoms with E-state index < -0.39 is 0 Å². The van der Waals surface area contributed by atoms with Gasteiger partial charge in [0.25, 0.3) is 0 Å². The summed E-state index contributed by atoms with van der Waals surface area (Å²) in [5.41, 5.74) is 4.77. The summed E-state index contributed by atoms with van der Waals surface area (Å²) in [6, 6.07) is 16.8. The molecule has 0 radical (unpaired) electrons. The number of likely N-dealkylation sites (tertiary alicyclic amines) is 1. The number of nitrogens with one attached hydrogen (secondary N) is 1. The van der Waals surface area contributed by atoms with Gasteiger partial charge in [0.15, 0.2) is 0 Å². The molecule has 3 rings (SSSR count). The largest absolute Gasteiger partial charge is 0.352 e. The van der Waals surface area contributed by atoms with E-state index in [1.807, 2.05) is 12.1 Å². The van der Waals surface area contributed by atoms with Crippen molar-refractivity contribution in [1.29, 1.82) is 0 Å². The maximum Gasteiger partial charge on any atom is 0.224 e. The molecular formula is C23H30N2O. The third-order valence-electron chi connectivity index (χ3n) is 5.06. The molecular weight excluding hydrogens is 320 g/mol. The maximum atomic E-state index is 12.1. The lowest BCUT2D eigenvalue weighted by molar-refractivity contribution is -0.120. The van der Waals surface area contributed by atoms with Crippen LogP contribution in [0.25, 0.3) is 0 Å². The van der Waals surface area contributed by atoms with Crippen molar-refractivity contribution in [3.63, 3.8) is 0 Å². The molecule has 1 heterocycles. The zero-order chi connectivity index (χ0) is 18.2. The van der Waals surface area contributed by atoms with E-state index in [-0.39, 0.29) is 5.91 Å². The van der Waals surface area contributed by atoms with Gasteiger partial charge in [-0.05, 0) is 49.5 Å². The van der Waals surface area contributed by atoms with Crippen molar-refractivity contribution in [1.82, 2.24) is 10.2 Å². The number of nitrogens with zero attached hydrogens (tertiary/aromatic N) is 1. The predicted molar refractivity (Wildman–Crippen MR) is 107 cm³/mol. The number of hydrogen-bond acceptors (Lipinski definition) is 2. The van der Waals surface area contributed by atoms with Crippen LogP contribution in [0.15, 0.2) is 48.5 Å². The average Bonchev–Trinajstić information content (AvgIpc) is 2.90. The van der Waals surface area contributed by atoms with E-state index in [4.69, 9.17) is 0 Å². The van der Waals surface area contributed by atoms with Crippen molar-refractivity contribution in [2.24, 2.45) is 0 Å². The van der Waals surface area contributed by atoms with Crippen LogP contribution in [0.3, 0.4) is 0 Å². The minimum atomic E-state index is 0.0734. The molecule has 1 saturated heterocycles. The molecule has 0 aliphatic carbocycles. The number of amides is 1. The summed E-state index contributed by atoms with van der Waals surface area (Å²) >= 11 is 0. The highest BCUT2D eigenvalue weighted by Crippen LogP contribution is 2.14. The number of carbonyl (C=O) groups excluding carboxylic acids is 1. The quantitative estimate of drug-likeness (QED) is 0.845. The Labute approximate surface area is 157 Å². The highest BCUT2D eigenvalue weighted by molar-refractivity contribution is 5.78. The smallest absolute Gasteiger partial charge is 0.224 e. The zero-order valence-electron chi connectivity index (χ0n) is 15.8. The van der Waals surface area contributed by atoms with E-state index >= 15 is 0 Å². The molecule has 1 aliphatic rings. The minimum Gasteiger partial charge on any atom is -0.352 e. The van der Waals surface area contributed by atoms with Crippen LogP contribution < -0.4 is 5.32 Å². The lowest BCUT2D eigenvalue weighted by atomic mass is 10.1. The molecule has 0 atom stereocenters. The lowest BCUT2D eigenvalue weighted by Gasteiger charge is -2.19. The van der Waals surface area contributed by atoms with Crippen molar-refractivity contribution in [2.45, 2.75) is 52.1 Å². The third kappa shape index (κ3) is 5.99. The van der Waals surface area contributed by atoms with Gasteiger partial charge in [0, 0.05) is 13.1 Å². The van der Waals surface area contributed by atoms with Gasteiger partial charge in [0.05, 0.1) is 6.42 Å². The highest BCUT2D eigenvalue weighted by Gasteiger charge is 2.09. The van der Waals surface area contributed by atoms with Gasteiger partial charge < -0.3 is 5.32 Å². The van der Waals surface area contributed by atoms with Crippen LogP contribution in [0.4, 0.5) is 0 Å². The molecule has 1 N–H and O–H groups in total. The van der Waals surface area contributed by atoms with Gasteiger partial charge in [-0.3, -0.25) is 9.69 Å². The van der Waals surface area contributed by atoms with Crippen LogP contribution >= 0.6 is 0 Å². The second-order valence-corrected chi connectivity index (χ2v) is 7.45. The zero-order valence-corrected chi connectivity index (χ0v) is 15.8. The average molecular weight is 351 g/mol. The molecule has 3 heteroatoms. The van der Waals surface area contributed by atoms with Gasteiger partial charge in [-0.1, -0.05) is 66.9 Å². The Balaban J connectivity index is 1.45. The minimum absolute atomic E-state index is 0.0734. The summed E-state index contributed by atoms with van der Waals surface area (Å²) in [6.45, 7) is 6.12. The molecule has 1 fully saturated rings. The predicted octanol–water partition coefficient (Wildman–Crippen LogP) is 4.23. The first-order valence-corrected chi connectivity index (χ1v) is 9.81. The molecule has 3 nitrogen and oxygen atoms in total. The summed E-state index contributed by atoms with van der Waals surface area (Å²) in [4.78, 5) is 14.7. The summed E-state index contributed by atoms with van der Waals surface area (Å²) in [5.74, 6) is 0.0734. The van der Waals surface area contributed by atoms with Crippen LogP contribution in [0.1, 0.15) is 47.9 Å². The van der Waals surface area contributed by atoms with Crippen molar-refractivity contribution in [3.05, 3.63) is 70.8 Å². The first kappa shape index (κ1) is 18.7. The third-order valence-corrected chi connectivity index (χ3v) is 5.06. The summed E-state index contributed by atoms with van der Waals surface area (Å²) < 4.78 is 0. The topological polar surface area (TPSA) is 32.3 Å². The molecule has 0 aromatic heterocycles. The van der Waals surface area contributed by atoms with Gasteiger partial charge in [-0.2, -0.15) is 0 Å². The molecule has 138 valence electrons. The van der Waals surface area contributed by atoms with Gasteiger partial charge in [-0.25, -0.2) is 0 Å². The Kier molecular flexibility index (Phi) is 6.84. The molecule has 26 heavy (non-hydrogen) atoms. The highest BCUT2D eigenvalue weighted by atomic mass is 16.1. The fourth-order valence-electron chi connectivity index (χ4n) is 3.59. The lowest BCUT2D eigenvalue weighted by Crippen LogP contribution is -2.25. The number of benzene rings is 2. The molecule has 0 spiro atoms. The second kappa shape index (κ2) is 9.54. The van der Waals surface area contributed by atoms with Crippen molar-refractivity contribution < 1.29 is 4.79 Å². The van der Waals surface area contributed by atoms with Crippen LogP contribution in [-0.4, -0.2) is 23.9 Å².